The van der Waals surface area contributed by atoms with Crippen molar-refractivity contribution in [2.75, 3.05) is 24.3 Å². The summed E-state index contributed by atoms with van der Waals surface area (Å²) in [4.78, 5) is 76.8. The maximum absolute atomic E-state index is 12.9. The van der Waals surface area contributed by atoms with Crippen LogP contribution in [-0.4, -0.2) is 68.1 Å². The summed E-state index contributed by atoms with van der Waals surface area (Å²) in [6.07, 6.45) is 14.4. The molecule has 0 aliphatic heterocycles. The summed E-state index contributed by atoms with van der Waals surface area (Å²) < 4.78 is 36.4. The minimum Gasteiger partial charge on any atom is -0.480 e. The van der Waals surface area contributed by atoms with Crippen LogP contribution in [0.5, 0.6) is 5.75 Å². The van der Waals surface area contributed by atoms with Gasteiger partial charge in [0.15, 0.2) is 11.2 Å². The molecule has 0 bridgehead atoms. The number of carbonyl (C=O) groups is 4. The van der Waals surface area contributed by atoms with Crippen LogP contribution in [0.4, 0.5) is 11.6 Å². The Bertz CT molecular complexity index is 2180. The van der Waals surface area contributed by atoms with E-state index in [0.29, 0.717) is 11.4 Å². The number of nitrogens with zero attached hydrogens (tertiary/aromatic N) is 3. The second kappa shape index (κ2) is 19.0. The van der Waals surface area contributed by atoms with Crippen molar-refractivity contribution in [3.05, 3.63) is 81.9 Å². The number of phosphoric ester groups is 1. The number of benzene rings is 2. The van der Waals surface area contributed by atoms with Crippen LogP contribution < -0.4 is 26.7 Å². The number of nitrogen functional groups attached to an aromatic ring is 1. The number of aliphatic carboxylic acids is 1. The van der Waals surface area contributed by atoms with Crippen LogP contribution in [0, 0.1) is 25.1 Å². The molecule has 0 saturated heterocycles. The standard InChI is InChI=1S/C34H32N7O12P/c1-3-50-54(48,51-4-2)52-18-8-7-17-49-33(47)24-9-5-6-10-26(24)53-27(42)16-15-25(32(45)46)39-30(43)21-11-13-22(14-12-21)36-19-23-20-37-29-28(38-23)31(44)41-34(35)40-29/h1-2,5-6,9-14,20,25,36H,7-8,15-19H2,(H,39,43)(H,45,46)(H3,35,37,40,41,44)/t25-/m0/s1. The van der Waals surface area contributed by atoms with Gasteiger partial charge >= 0.3 is 25.7 Å². The zero-order chi connectivity index (χ0) is 39.1. The first kappa shape index (κ1) is 39.8. The zero-order valence-electron chi connectivity index (χ0n) is 28.2. The van der Waals surface area contributed by atoms with Gasteiger partial charge in [0.05, 0.1) is 31.6 Å². The minimum atomic E-state index is -4.11. The molecule has 19 nitrogen and oxygen atoms in total. The molecule has 0 fully saturated rings. The average Bonchev–Trinajstić information content (AvgIpc) is 3.14. The summed E-state index contributed by atoms with van der Waals surface area (Å²) in [6, 6.07) is 10.4. The maximum atomic E-state index is 12.9. The Hall–Kier alpha value is -6.95. The Morgan fingerprint density at radius 3 is 2.41 bits per heavy atom. The van der Waals surface area contributed by atoms with Gasteiger partial charge in [-0.1, -0.05) is 25.0 Å². The fraction of sp³-hybridized carbons (Fsp3) is 0.235. The lowest BCUT2D eigenvalue weighted by Crippen LogP contribution is -2.41. The summed E-state index contributed by atoms with van der Waals surface area (Å²) in [7, 11) is -4.11. The zero-order valence-corrected chi connectivity index (χ0v) is 29.1. The third kappa shape index (κ3) is 11.5. The van der Waals surface area contributed by atoms with E-state index in [-0.39, 0.29) is 73.0 Å². The third-order valence-electron chi connectivity index (χ3n) is 7.03. The number of hydrogen-bond acceptors (Lipinski definition) is 16. The SMILES string of the molecule is C#COP(=O)(OC#C)OCCCCOC(=O)c1ccccc1OC(=O)CC[C@H](NC(=O)c1ccc(NCc2cnc3nc(N)[nH]c(=O)c3n2)cc1)C(=O)O. The lowest BCUT2D eigenvalue weighted by Gasteiger charge is -2.15. The van der Waals surface area contributed by atoms with Gasteiger partial charge in [0.2, 0.25) is 5.95 Å². The van der Waals surface area contributed by atoms with E-state index in [1.807, 2.05) is 0 Å². The molecule has 0 saturated carbocycles. The molecular formula is C34H32N7O12P. The van der Waals surface area contributed by atoms with Gasteiger partial charge in [0, 0.05) is 17.7 Å². The van der Waals surface area contributed by atoms with Crippen molar-refractivity contribution in [1.29, 1.82) is 0 Å². The van der Waals surface area contributed by atoms with E-state index < -0.39 is 49.7 Å². The molecule has 0 aliphatic rings. The maximum Gasteiger partial charge on any atom is 0.604 e. The molecule has 20 heteroatoms. The number of carbonyl (C=O) groups excluding carboxylic acids is 3. The van der Waals surface area contributed by atoms with E-state index in [4.69, 9.17) is 32.6 Å². The van der Waals surface area contributed by atoms with E-state index in [2.05, 4.69) is 39.6 Å². The molecule has 2 heterocycles. The number of unbranched alkanes of at least 4 members (excludes halogenated alkanes) is 1. The highest BCUT2D eigenvalue weighted by Crippen LogP contribution is 2.48. The first-order chi connectivity index (χ1) is 25.9. The number of H-pyrrole nitrogens is 1. The van der Waals surface area contributed by atoms with E-state index in [9.17, 15) is 33.6 Å². The van der Waals surface area contributed by atoms with Crippen LogP contribution in [0.2, 0.25) is 0 Å². The monoisotopic (exact) mass is 761 g/mol. The number of aromatic nitrogens is 4. The van der Waals surface area contributed by atoms with E-state index >= 15 is 0 Å². The van der Waals surface area contributed by atoms with Gasteiger partial charge in [0.1, 0.15) is 29.6 Å². The van der Waals surface area contributed by atoms with Crippen LogP contribution in [0.15, 0.2) is 59.5 Å². The van der Waals surface area contributed by atoms with Gasteiger partial charge in [0.25, 0.3) is 11.5 Å². The molecular weight excluding hydrogens is 729 g/mol. The topological polar surface area (TPSA) is 273 Å². The number of amides is 1. The number of anilines is 2. The Kier molecular flexibility index (Phi) is 14.0. The van der Waals surface area contributed by atoms with Crippen molar-refractivity contribution in [3.8, 4) is 30.8 Å². The Balaban J connectivity index is 1.23. The quantitative estimate of drug-likeness (QED) is 0.0302. The third-order valence-corrected chi connectivity index (χ3v) is 8.19. The molecule has 1 amide bonds. The number of ether oxygens (including phenoxy) is 2. The van der Waals surface area contributed by atoms with Gasteiger partial charge in [-0.2, -0.15) is 4.98 Å². The predicted molar refractivity (Wildman–Crippen MR) is 189 cm³/mol. The second-order valence-electron chi connectivity index (χ2n) is 10.8. The summed E-state index contributed by atoms with van der Waals surface area (Å²) in [5.74, 6) is -3.96. The van der Waals surface area contributed by atoms with Gasteiger partial charge in [-0.05, 0) is 55.7 Å². The first-order valence-corrected chi connectivity index (χ1v) is 17.3. The number of carboxylic acid groups (broad SMARTS) is 1. The van der Waals surface area contributed by atoms with Crippen molar-refractivity contribution in [1.82, 2.24) is 25.3 Å². The number of aromatic amines is 1. The molecule has 6 N–H and O–H groups in total. The van der Waals surface area contributed by atoms with Crippen LogP contribution in [0.1, 0.15) is 52.1 Å². The Morgan fingerprint density at radius 1 is 1.00 bits per heavy atom. The van der Waals surface area contributed by atoms with E-state index in [1.165, 1.54) is 42.6 Å². The number of carboxylic acids is 1. The van der Waals surface area contributed by atoms with Crippen LogP contribution >= 0.6 is 7.82 Å². The number of para-hydroxylation sites is 1. The van der Waals surface area contributed by atoms with Crippen molar-refractivity contribution >= 4 is 54.4 Å². The molecule has 2 aromatic heterocycles. The fourth-order valence-corrected chi connectivity index (χ4v) is 5.22. The number of phosphoric acid groups is 1. The summed E-state index contributed by atoms with van der Waals surface area (Å²) in [5.41, 5.74) is 6.21. The number of nitrogens with two attached hydrogens (primary N) is 1. The average molecular weight is 762 g/mol. The summed E-state index contributed by atoms with van der Waals surface area (Å²) in [5, 5.41) is 15.2. The lowest BCUT2D eigenvalue weighted by atomic mass is 10.1. The number of rotatable bonds is 19. The molecule has 4 aromatic rings. The molecule has 0 spiro atoms. The first-order valence-electron chi connectivity index (χ1n) is 15.8. The highest BCUT2D eigenvalue weighted by atomic mass is 31.2. The van der Waals surface area contributed by atoms with Crippen LogP contribution in [-0.2, 0) is 39.0 Å². The van der Waals surface area contributed by atoms with Crippen molar-refractivity contribution < 1.29 is 51.9 Å². The molecule has 0 aliphatic carbocycles. The summed E-state index contributed by atoms with van der Waals surface area (Å²) in [6.45, 7) is -0.0453. The van der Waals surface area contributed by atoms with Crippen molar-refractivity contribution in [2.24, 2.45) is 0 Å². The van der Waals surface area contributed by atoms with Crippen LogP contribution in [0.25, 0.3) is 11.2 Å². The van der Waals surface area contributed by atoms with E-state index in [0.717, 1.165) is 0 Å². The Morgan fingerprint density at radius 2 is 1.70 bits per heavy atom. The number of nitrogens with one attached hydrogen (secondary N) is 3. The molecule has 0 radical (unpaired) electrons. The van der Waals surface area contributed by atoms with Gasteiger partial charge in [-0.25, -0.2) is 24.1 Å². The van der Waals surface area contributed by atoms with E-state index in [1.54, 1.807) is 24.3 Å². The number of terminal acetylenes is 2. The smallest absolute Gasteiger partial charge is 0.480 e. The molecule has 54 heavy (non-hydrogen) atoms. The summed E-state index contributed by atoms with van der Waals surface area (Å²) >= 11 is 0. The largest absolute Gasteiger partial charge is 0.604 e. The van der Waals surface area contributed by atoms with Gasteiger partial charge in [-0.15, -0.1) is 0 Å². The van der Waals surface area contributed by atoms with Crippen LogP contribution in [0.3, 0.4) is 0 Å². The highest BCUT2D eigenvalue weighted by Gasteiger charge is 2.28. The van der Waals surface area contributed by atoms with Crippen molar-refractivity contribution in [3.63, 3.8) is 0 Å². The number of hydrogen-bond donors (Lipinski definition) is 5. The molecule has 280 valence electrons. The normalized spacial score (nSPS) is 11.3. The molecule has 4 rings (SSSR count). The predicted octanol–water partition coefficient (Wildman–Crippen LogP) is 2.75. The molecule has 2 aromatic carbocycles. The second-order valence-corrected chi connectivity index (χ2v) is 12.3. The number of esters is 2. The highest BCUT2D eigenvalue weighted by molar-refractivity contribution is 7.48. The fourth-order valence-electron chi connectivity index (χ4n) is 4.47. The molecule has 1 atom stereocenters. The Labute approximate surface area is 306 Å². The van der Waals surface area contributed by atoms with Gasteiger partial charge in [-0.3, -0.25) is 23.9 Å². The van der Waals surface area contributed by atoms with Gasteiger partial charge < -0.3 is 40.0 Å². The lowest BCUT2D eigenvalue weighted by molar-refractivity contribution is -0.140. The minimum absolute atomic E-state index is 0.0246. The number of fused-ring (bicyclic) bond motifs is 1. The molecule has 0 unspecified atom stereocenters. The van der Waals surface area contributed by atoms with Crippen molar-refractivity contribution in [2.45, 2.75) is 38.3 Å².